The second kappa shape index (κ2) is 6.39. The Bertz CT molecular complexity index is 258. The molecule has 1 aliphatic rings. The van der Waals surface area contributed by atoms with Gasteiger partial charge in [0.1, 0.15) is 0 Å². The summed E-state index contributed by atoms with van der Waals surface area (Å²) in [6, 6.07) is 0. The minimum absolute atomic E-state index is 0.608. The highest BCUT2D eigenvalue weighted by atomic mass is 14.5. The quantitative estimate of drug-likeness (QED) is 0.534. The first-order valence-electron chi connectivity index (χ1n) is 5.22. The maximum atomic E-state index is 5.45. The van der Waals surface area contributed by atoms with E-state index in [1.54, 1.807) is 0 Å². The summed E-state index contributed by atoms with van der Waals surface area (Å²) in [6.07, 6.45) is 16.2. The van der Waals surface area contributed by atoms with E-state index in [-0.39, 0.29) is 0 Å². The zero-order chi connectivity index (χ0) is 10.2. The van der Waals surface area contributed by atoms with E-state index in [0.29, 0.717) is 12.5 Å². The number of allylic oxidation sites excluding steroid dienone is 6. The van der Waals surface area contributed by atoms with Crippen molar-refractivity contribution in [2.45, 2.75) is 19.3 Å². The van der Waals surface area contributed by atoms with Crippen molar-refractivity contribution in [2.24, 2.45) is 11.7 Å². The Morgan fingerprint density at radius 1 is 1.50 bits per heavy atom. The number of hydrogen-bond donors (Lipinski definition) is 1. The molecule has 0 radical (unpaired) electrons. The third-order valence-corrected chi connectivity index (χ3v) is 2.50. The fourth-order valence-electron chi connectivity index (χ4n) is 1.76. The van der Waals surface area contributed by atoms with Gasteiger partial charge in [0.05, 0.1) is 0 Å². The molecule has 1 heteroatoms. The van der Waals surface area contributed by atoms with E-state index >= 15 is 0 Å². The van der Waals surface area contributed by atoms with Gasteiger partial charge in [-0.25, -0.2) is 0 Å². The third-order valence-electron chi connectivity index (χ3n) is 2.50. The largest absolute Gasteiger partial charge is 0.327 e. The number of rotatable bonds is 4. The zero-order valence-corrected chi connectivity index (χ0v) is 8.65. The molecule has 1 atom stereocenters. The van der Waals surface area contributed by atoms with Crippen molar-refractivity contribution in [3.63, 3.8) is 0 Å². The lowest BCUT2D eigenvalue weighted by Gasteiger charge is -2.18. The molecule has 0 amide bonds. The lowest BCUT2D eigenvalue weighted by atomic mass is 9.87. The van der Waals surface area contributed by atoms with Crippen molar-refractivity contribution in [3.05, 3.63) is 48.6 Å². The van der Waals surface area contributed by atoms with Crippen LogP contribution < -0.4 is 5.73 Å². The van der Waals surface area contributed by atoms with Crippen LogP contribution in [0.3, 0.4) is 0 Å². The second-order valence-electron chi connectivity index (χ2n) is 3.52. The van der Waals surface area contributed by atoms with Crippen molar-refractivity contribution in [2.75, 3.05) is 6.54 Å². The molecule has 0 aliphatic heterocycles. The molecule has 0 saturated carbocycles. The lowest BCUT2D eigenvalue weighted by Crippen LogP contribution is -2.05. The van der Waals surface area contributed by atoms with Gasteiger partial charge in [-0.05, 0) is 30.8 Å². The second-order valence-corrected chi connectivity index (χ2v) is 3.52. The Labute approximate surface area is 86.7 Å². The van der Waals surface area contributed by atoms with E-state index in [2.05, 4.69) is 30.9 Å². The van der Waals surface area contributed by atoms with Gasteiger partial charge in [0.2, 0.25) is 0 Å². The van der Waals surface area contributed by atoms with Gasteiger partial charge in [0.15, 0.2) is 0 Å². The normalized spacial score (nSPS) is 22.9. The number of hydrogen-bond acceptors (Lipinski definition) is 1. The Hall–Kier alpha value is -1.08. The third kappa shape index (κ3) is 3.35. The van der Waals surface area contributed by atoms with Crippen LogP contribution in [-0.2, 0) is 0 Å². The summed E-state index contributed by atoms with van der Waals surface area (Å²) in [7, 11) is 0. The van der Waals surface area contributed by atoms with Crippen molar-refractivity contribution in [3.8, 4) is 0 Å². The molecule has 0 saturated heterocycles. The first kappa shape index (κ1) is 11.0. The summed E-state index contributed by atoms with van der Waals surface area (Å²) in [5, 5.41) is 0. The molecule has 0 heterocycles. The van der Waals surface area contributed by atoms with Gasteiger partial charge < -0.3 is 5.73 Å². The highest BCUT2D eigenvalue weighted by molar-refractivity contribution is 5.27. The van der Waals surface area contributed by atoms with E-state index in [1.165, 1.54) is 18.4 Å². The maximum Gasteiger partial charge on any atom is 0.0110 e. The van der Waals surface area contributed by atoms with Gasteiger partial charge in [0, 0.05) is 6.54 Å². The molecule has 14 heavy (non-hydrogen) atoms. The zero-order valence-electron chi connectivity index (χ0n) is 8.65. The van der Waals surface area contributed by atoms with Gasteiger partial charge in [0.25, 0.3) is 0 Å². The fraction of sp³-hybridized carbons (Fsp3) is 0.385. The van der Waals surface area contributed by atoms with E-state index in [4.69, 9.17) is 5.73 Å². The molecule has 0 fully saturated rings. The molecule has 0 aromatic heterocycles. The molecule has 76 valence electrons. The maximum absolute atomic E-state index is 5.45. The average Bonchev–Trinajstić information content (AvgIpc) is 2.25. The van der Waals surface area contributed by atoms with Gasteiger partial charge >= 0.3 is 0 Å². The number of nitrogens with two attached hydrogens (primary N) is 1. The molecule has 1 unspecified atom stereocenters. The molecule has 0 spiro atoms. The van der Waals surface area contributed by atoms with E-state index in [0.717, 1.165) is 6.42 Å². The first-order valence-corrected chi connectivity index (χ1v) is 5.22. The van der Waals surface area contributed by atoms with Gasteiger partial charge in [-0.1, -0.05) is 43.0 Å². The predicted octanol–water partition coefficient (Wildman–Crippen LogP) is 2.97. The van der Waals surface area contributed by atoms with Crippen molar-refractivity contribution < 1.29 is 0 Å². The molecule has 1 aliphatic carbocycles. The highest BCUT2D eigenvalue weighted by Crippen LogP contribution is 2.26. The Balaban J connectivity index is 2.66. The van der Waals surface area contributed by atoms with E-state index < -0.39 is 0 Å². The monoisotopic (exact) mass is 189 g/mol. The average molecular weight is 189 g/mol. The highest BCUT2D eigenvalue weighted by Gasteiger charge is 2.11. The summed E-state index contributed by atoms with van der Waals surface area (Å²) in [6.45, 7) is 4.35. The summed E-state index contributed by atoms with van der Waals surface area (Å²) in [4.78, 5) is 0. The molecule has 0 bridgehead atoms. The van der Waals surface area contributed by atoms with Crippen molar-refractivity contribution in [1.29, 1.82) is 0 Å². The van der Waals surface area contributed by atoms with Gasteiger partial charge in [-0.15, -0.1) is 0 Å². The Morgan fingerprint density at radius 2 is 2.36 bits per heavy atom. The van der Waals surface area contributed by atoms with Crippen LogP contribution >= 0.6 is 0 Å². The minimum atomic E-state index is 0.608. The summed E-state index contributed by atoms with van der Waals surface area (Å²) < 4.78 is 0. The first-order chi connectivity index (χ1) is 6.88. The molecular weight excluding hydrogens is 170 g/mol. The molecule has 0 aromatic carbocycles. The van der Waals surface area contributed by atoms with Crippen LogP contribution in [-0.4, -0.2) is 6.54 Å². The SMILES string of the molecule is C=C/C=C(\C=C/CN)C1CC=CCC1. The van der Waals surface area contributed by atoms with Crippen LogP contribution in [0.2, 0.25) is 0 Å². The molecule has 2 N–H and O–H groups in total. The molecule has 1 rings (SSSR count). The van der Waals surface area contributed by atoms with Crippen LogP contribution in [0.4, 0.5) is 0 Å². The van der Waals surface area contributed by atoms with Crippen LogP contribution in [0.5, 0.6) is 0 Å². The van der Waals surface area contributed by atoms with E-state index in [1.807, 2.05) is 12.2 Å². The van der Waals surface area contributed by atoms with Gasteiger partial charge in [-0.3, -0.25) is 0 Å². The standard InChI is InChI=1S/C13H19N/c1-2-7-12(10-6-11-14)13-8-4-3-5-9-13/h2-4,6-7,10,13H,1,5,8-9,11,14H2/b10-6-,12-7+. The fourth-order valence-corrected chi connectivity index (χ4v) is 1.76. The summed E-state index contributed by atoms with van der Waals surface area (Å²) in [5.41, 5.74) is 6.80. The van der Waals surface area contributed by atoms with Crippen LogP contribution in [0.25, 0.3) is 0 Å². The smallest absolute Gasteiger partial charge is 0.0110 e. The van der Waals surface area contributed by atoms with Crippen LogP contribution in [0, 0.1) is 5.92 Å². The molecule has 0 aromatic rings. The topological polar surface area (TPSA) is 26.0 Å². The summed E-state index contributed by atoms with van der Waals surface area (Å²) in [5.74, 6) is 0.654. The van der Waals surface area contributed by atoms with Crippen molar-refractivity contribution in [1.82, 2.24) is 0 Å². The molecule has 1 nitrogen and oxygen atoms in total. The lowest BCUT2D eigenvalue weighted by molar-refractivity contribution is 0.563. The predicted molar refractivity (Wildman–Crippen MR) is 63.0 cm³/mol. The van der Waals surface area contributed by atoms with Crippen molar-refractivity contribution >= 4 is 0 Å². The Kier molecular flexibility index (Phi) is 5.02. The van der Waals surface area contributed by atoms with Crippen LogP contribution in [0.15, 0.2) is 48.6 Å². The van der Waals surface area contributed by atoms with Crippen LogP contribution in [0.1, 0.15) is 19.3 Å². The minimum Gasteiger partial charge on any atom is -0.327 e. The molecular formula is C13H19N. The van der Waals surface area contributed by atoms with E-state index in [9.17, 15) is 0 Å². The Morgan fingerprint density at radius 3 is 2.93 bits per heavy atom. The summed E-state index contributed by atoms with van der Waals surface area (Å²) >= 11 is 0. The van der Waals surface area contributed by atoms with Gasteiger partial charge in [-0.2, -0.15) is 0 Å².